The summed E-state index contributed by atoms with van der Waals surface area (Å²) in [6.07, 6.45) is 1.11. The molecule has 2 atom stereocenters. The first-order chi connectivity index (χ1) is 9.08. The van der Waals surface area contributed by atoms with Crippen LogP contribution >= 0.6 is 22.6 Å². The lowest BCUT2D eigenvalue weighted by Crippen LogP contribution is -2.51. The van der Waals surface area contributed by atoms with Gasteiger partial charge >= 0.3 is 5.97 Å². The van der Waals surface area contributed by atoms with Gasteiger partial charge < -0.3 is 9.64 Å². The number of ether oxygens (including phenoxy) is 1. The van der Waals surface area contributed by atoms with E-state index in [-0.39, 0.29) is 21.4 Å². The predicted molar refractivity (Wildman–Crippen MR) is 78.2 cm³/mol. The lowest BCUT2D eigenvalue weighted by Gasteiger charge is -2.38. The van der Waals surface area contributed by atoms with E-state index in [4.69, 9.17) is 4.74 Å². The number of benzene rings is 1. The number of likely N-dealkylation sites (tertiary alicyclic amines) is 1. The summed E-state index contributed by atoms with van der Waals surface area (Å²) >= 11 is 2.32. The van der Waals surface area contributed by atoms with Gasteiger partial charge in [-0.3, -0.25) is 9.59 Å². The molecule has 1 aromatic carbocycles. The summed E-state index contributed by atoms with van der Waals surface area (Å²) in [5.74, 6) is -0.129. The molecule has 0 N–H and O–H groups in total. The highest BCUT2D eigenvalue weighted by molar-refractivity contribution is 14.1. The van der Waals surface area contributed by atoms with E-state index in [2.05, 4.69) is 22.6 Å². The molecule has 0 aliphatic carbocycles. The summed E-state index contributed by atoms with van der Waals surface area (Å²) in [5.41, 5.74) is 0.688. The zero-order chi connectivity index (χ0) is 13.5. The van der Waals surface area contributed by atoms with E-state index in [0.717, 1.165) is 6.42 Å². The van der Waals surface area contributed by atoms with Gasteiger partial charge in [0.15, 0.2) is 0 Å². The van der Waals surface area contributed by atoms with Gasteiger partial charge in [0.2, 0.25) is 0 Å². The van der Waals surface area contributed by atoms with Gasteiger partial charge in [0.25, 0.3) is 5.91 Å². The largest absolute Gasteiger partial charge is 0.459 e. The van der Waals surface area contributed by atoms with Crippen molar-refractivity contribution in [2.75, 3.05) is 13.1 Å². The Morgan fingerprint density at radius 2 is 2.11 bits per heavy atom. The molecule has 0 aromatic heterocycles. The monoisotopic (exact) mass is 371 g/mol. The van der Waals surface area contributed by atoms with Crippen molar-refractivity contribution < 1.29 is 14.3 Å². The van der Waals surface area contributed by atoms with E-state index < -0.39 is 0 Å². The number of carbonyl (C=O) groups excluding carboxylic acids is 2. The number of fused-ring (bicyclic) bond motifs is 1. The Labute approximate surface area is 125 Å². The predicted octanol–water partition coefficient (Wildman–Crippen LogP) is 2.02. The maximum atomic E-state index is 12.4. The number of hydrogen-bond acceptors (Lipinski definition) is 3. The Balaban J connectivity index is 1.75. The molecular formula is C14H14INO3. The first-order valence-electron chi connectivity index (χ1n) is 6.31. The molecule has 2 unspecified atom stereocenters. The van der Waals surface area contributed by atoms with Crippen LogP contribution in [-0.2, 0) is 9.53 Å². The zero-order valence-electron chi connectivity index (χ0n) is 10.3. The fraction of sp³-hybridized carbons (Fsp3) is 0.429. The Hall–Kier alpha value is -1.11. The average Bonchev–Trinajstić information content (AvgIpc) is 2.72. The summed E-state index contributed by atoms with van der Waals surface area (Å²) in [6, 6.07) is 9.23. The molecule has 4 nitrogen and oxygen atoms in total. The standard InChI is InChI=1S/C14H14INO3/c15-14-6-7-16(9-11(14)19-12(17)8-14)13(18)10-4-2-1-3-5-10/h1-5,11H,6-9H2. The van der Waals surface area contributed by atoms with Gasteiger partial charge in [-0.25, -0.2) is 0 Å². The normalized spacial score (nSPS) is 29.8. The Bertz CT molecular complexity index is 519. The molecule has 0 saturated carbocycles. The van der Waals surface area contributed by atoms with Gasteiger partial charge in [-0.1, -0.05) is 40.8 Å². The third-order valence-corrected chi connectivity index (χ3v) is 5.40. The number of halogens is 1. The Morgan fingerprint density at radius 1 is 1.37 bits per heavy atom. The lowest BCUT2D eigenvalue weighted by atomic mass is 9.92. The van der Waals surface area contributed by atoms with Crippen LogP contribution in [0.3, 0.4) is 0 Å². The number of hydrogen-bond donors (Lipinski definition) is 0. The summed E-state index contributed by atoms with van der Waals surface area (Å²) in [5, 5.41) is 0. The van der Waals surface area contributed by atoms with E-state index in [1.807, 2.05) is 30.3 Å². The minimum Gasteiger partial charge on any atom is -0.459 e. The molecule has 0 radical (unpaired) electrons. The first-order valence-corrected chi connectivity index (χ1v) is 7.39. The van der Waals surface area contributed by atoms with Crippen molar-refractivity contribution in [2.24, 2.45) is 0 Å². The highest BCUT2D eigenvalue weighted by Gasteiger charge is 2.50. The van der Waals surface area contributed by atoms with Gasteiger partial charge in [0.05, 0.1) is 16.4 Å². The van der Waals surface area contributed by atoms with Crippen LogP contribution in [-0.4, -0.2) is 39.4 Å². The topological polar surface area (TPSA) is 46.6 Å². The number of rotatable bonds is 1. The zero-order valence-corrected chi connectivity index (χ0v) is 12.5. The van der Waals surface area contributed by atoms with Gasteiger partial charge in [-0.2, -0.15) is 0 Å². The summed E-state index contributed by atoms with van der Waals surface area (Å²) < 4.78 is 5.22. The van der Waals surface area contributed by atoms with Crippen molar-refractivity contribution in [3.63, 3.8) is 0 Å². The fourth-order valence-corrected chi connectivity index (χ4v) is 3.55. The molecule has 2 saturated heterocycles. The number of nitrogens with zero attached hydrogens (tertiary/aromatic N) is 1. The minimum absolute atomic E-state index is 0.0157. The van der Waals surface area contributed by atoms with Crippen LogP contribution in [0.5, 0.6) is 0 Å². The summed E-state index contributed by atoms with van der Waals surface area (Å²) in [4.78, 5) is 25.6. The SMILES string of the molecule is O=C1CC2(I)CCN(C(=O)c3ccccc3)CC2O1. The summed E-state index contributed by atoms with van der Waals surface area (Å²) in [7, 11) is 0. The van der Waals surface area contributed by atoms with E-state index in [1.165, 1.54) is 0 Å². The van der Waals surface area contributed by atoms with Crippen molar-refractivity contribution in [1.29, 1.82) is 0 Å². The van der Waals surface area contributed by atoms with Crippen molar-refractivity contribution in [3.8, 4) is 0 Å². The van der Waals surface area contributed by atoms with Crippen LogP contribution in [0.2, 0.25) is 0 Å². The molecule has 1 aromatic rings. The molecule has 3 rings (SSSR count). The molecular weight excluding hydrogens is 357 g/mol. The van der Waals surface area contributed by atoms with E-state index in [0.29, 0.717) is 25.1 Å². The lowest BCUT2D eigenvalue weighted by molar-refractivity contribution is -0.142. The van der Waals surface area contributed by atoms with E-state index in [9.17, 15) is 9.59 Å². The van der Waals surface area contributed by atoms with Crippen LogP contribution in [0.4, 0.5) is 0 Å². The number of carbonyl (C=O) groups is 2. The molecule has 0 spiro atoms. The number of amides is 1. The van der Waals surface area contributed by atoms with Crippen molar-refractivity contribution in [2.45, 2.75) is 22.4 Å². The molecule has 1 amide bonds. The highest BCUT2D eigenvalue weighted by Crippen LogP contribution is 2.42. The fourth-order valence-electron chi connectivity index (χ4n) is 2.67. The second-order valence-corrected chi connectivity index (χ2v) is 7.21. The molecule has 2 aliphatic rings. The van der Waals surface area contributed by atoms with Crippen LogP contribution in [0, 0.1) is 0 Å². The highest BCUT2D eigenvalue weighted by atomic mass is 127. The van der Waals surface area contributed by atoms with Crippen LogP contribution in [0.25, 0.3) is 0 Å². The smallest absolute Gasteiger partial charge is 0.307 e. The molecule has 100 valence electrons. The van der Waals surface area contributed by atoms with Gasteiger partial charge in [0.1, 0.15) is 6.10 Å². The maximum Gasteiger partial charge on any atom is 0.307 e. The second-order valence-electron chi connectivity index (χ2n) is 5.06. The molecule has 2 heterocycles. The molecule has 2 fully saturated rings. The molecule has 0 bridgehead atoms. The van der Waals surface area contributed by atoms with Gasteiger partial charge in [-0.15, -0.1) is 0 Å². The summed E-state index contributed by atoms with van der Waals surface area (Å²) in [6.45, 7) is 1.19. The molecule has 2 aliphatic heterocycles. The molecule has 5 heteroatoms. The van der Waals surface area contributed by atoms with Gasteiger partial charge in [-0.05, 0) is 18.6 Å². The van der Waals surface area contributed by atoms with E-state index >= 15 is 0 Å². The van der Waals surface area contributed by atoms with Gasteiger partial charge in [0, 0.05) is 12.1 Å². The third kappa shape index (κ3) is 2.35. The Kier molecular flexibility index (Phi) is 3.24. The average molecular weight is 371 g/mol. The maximum absolute atomic E-state index is 12.4. The van der Waals surface area contributed by atoms with Crippen molar-refractivity contribution in [1.82, 2.24) is 4.90 Å². The van der Waals surface area contributed by atoms with Crippen LogP contribution in [0.15, 0.2) is 30.3 Å². The minimum atomic E-state index is -0.165. The number of piperidine rings is 1. The third-order valence-electron chi connectivity index (χ3n) is 3.78. The number of esters is 1. The van der Waals surface area contributed by atoms with Crippen molar-refractivity contribution >= 4 is 34.5 Å². The Morgan fingerprint density at radius 3 is 2.84 bits per heavy atom. The van der Waals surface area contributed by atoms with E-state index in [1.54, 1.807) is 4.90 Å². The van der Waals surface area contributed by atoms with Crippen LogP contribution in [0.1, 0.15) is 23.2 Å². The molecule has 19 heavy (non-hydrogen) atoms. The number of alkyl halides is 1. The quantitative estimate of drug-likeness (QED) is 0.431. The van der Waals surface area contributed by atoms with Crippen LogP contribution < -0.4 is 0 Å². The second kappa shape index (κ2) is 4.77. The first kappa shape index (κ1) is 12.9. The van der Waals surface area contributed by atoms with Crippen molar-refractivity contribution in [3.05, 3.63) is 35.9 Å².